The van der Waals surface area contributed by atoms with Gasteiger partial charge in [0.15, 0.2) is 0 Å². The van der Waals surface area contributed by atoms with Crippen molar-refractivity contribution >= 4 is 11.8 Å². The van der Waals surface area contributed by atoms with E-state index in [9.17, 15) is 0 Å². The first-order valence-corrected chi connectivity index (χ1v) is 8.89. The van der Waals surface area contributed by atoms with Gasteiger partial charge in [-0.2, -0.15) is 11.8 Å². The fourth-order valence-electron chi connectivity index (χ4n) is 2.44. The molecule has 1 aromatic heterocycles. The number of nitrogens with zero attached hydrogens (tertiary/aromatic N) is 2. The molecule has 0 bridgehead atoms. The van der Waals surface area contributed by atoms with Gasteiger partial charge in [0.2, 0.25) is 0 Å². The van der Waals surface area contributed by atoms with E-state index in [0.717, 1.165) is 36.3 Å². The van der Waals surface area contributed by atoms with E-state index in [4.69, 9.17) is 0 Å². The van der Waals surface area contributed by atoms with Gasteiger partial charge in [-0.25, -0.2) is 9.97 Å². The molecule has 1 atom stereocenters. The van der Waals surface area contributed by atoms with Crippen LogP contribution in [0.4, 0.5) is 0 Å². The molecule has 1 aliphatic carbocycles. The van der Waals surface area contributed by atoms with Gasteiger partial charge in [-0.15, -0.1) is 0 Å². The van der Waals surface area contributed by atoms with Crippen molar-refractivity contribution < 1.29 is 0 Å². The molecule has 0 aliphatic heterocycles. The van der Waals surface area contributed by atoms with E-state index >= 15 is 0 Å². The van der Waals surface area contributed by atoms with Gasteiger partial charge in [-0.05, 0) is 56.9 Å². The third kappa shape index (κ3) is 4.74. The summed E-state index contributed by atoms with van der Waals surface area (Å²) < 4.78 is 0. The van der Waals surface area contributed by atoms with Crippen LogP contribution in [-0.2, 0) is 12.2 Å². The molecule has 4 heteroatoms. The first-order valence-electron chi connectivity index (χ1n) is 7.74. The van der Waals surface area contributed by atoms with E-state index < -0.39 is 0 Å². The fraction of sp³-hybridized carbons (Fsp3) is 0.750. The molecular weight excluding hydrogens is 266 g/mol. The predicted octanol–water partition coefficient (Wildman–Crippen LogP) is 3.28. The van der Waals surface area contributed by atoms with Crippen molar-refractivity contribution in [2.75, 3.05) is 12.3 Å². The van der Waals surface area contributed by atoms with Crippen molar-refractivity contribution in [1.82, 2.24) is 15.3 Å². The second kappa shape index (κ2) is 7.41. The van der Waals surface area contributed by atoms with Gasteiger partial charge < -0.3 is 5.32 Å². The lowest BCUT2D eigenvalue weighted by Gasteiger charge is -2.16. The molecule has 1 unspecified atom stereocenters. The van der Waals surface area contributed by atoms with Crippen LogP contribution in [-0.4, -0.2) is 28.3 Å². The molecule has 112 valence electrons. The first-order chi connectivity index (χ1) is 9.60. The van der Waals surface area contributed by atoms with Gasteiger partial charge in [-0.3, -0.25) is 0 Å². The molecule has 3 nitrogen and oxygen atoms in total. The van der Waals surface area contributed by atoms with Crippen LogP contribution in [0.3, 0.4) is 0 Å². The summed E-state index contributed by atoms with van der Waals surface area (Å²) in [7, 11) is 0. The van der Waals surface area contributed by atoms with Crippen LogP contribution in [0.25, 0.3) is 0 Å². The molecule has 0 radical (unpaired) electrons. The Balaban J connectivity index is 1.95. The predicted molar refractivity (Wildman–Crippen MR) is 87.2 cm³/mol. The molecule has 1 saturated carbocycles. The van der Waals surface area contributed by atoms with Crippen molar-refractivity contribution in [2.45, 2.75) is 58.8 Å². The van der Waals surface area contributed by atoms with Crippen molar-refractivity contribution in [3.05, 3.63) is 22.8 Å². The van der Waals surface area contributed by atoms with Crippen LogP contribution in [0, 0.1) is 19.8 Å². The molecule has 1 fully saturated rings. The van der Waals surface area contributed by atoms with E-state index in [1.54, 1.807) is 0 Å². The Morgan fingerprint density at radius 3 is 2.45 bits per heavy atom. The first kappa shape index (κ1) is 15.8. The maximum Gasteiger partial charge on any atom is 0.138 e. The topological polar surface area (TPSA) is 37.8 Å². The molecule has 20 heavy (non-hydrogen) atoms. The lowest BCUT2D eigenvalue weighted by atomic mass is 9.98. The van der Waals surface area contributed by atoms with Gasteiger partial charge in [0.25, 0.3) is 0 Å². The molecule has 2 rings (SSSR count). The summed E-state index contributed by atoms with van der Waals surface area (Å²) in [4.78, 5) is 9.36. The maximum atomic E-state index is 4.68. The summed E-state index contributed by atoms with van der Waals surface area (Å²) in [6.07, 6.45) is 3.80. The van der Waals surface area contributed by atoms with Gasteiger partial charge >= 0.3 is 0 Å². The highest BCUT2D eigenvalue weighted by Crippen LogP contribution is 2.20. The quantitative estimate of drug-likeness (QED) is 0.798. The third-order valence-corrected chi connectivity index (χ3v) is 4.66. The van der Waals surface area contributed by atoms with Gasteiger partial charge in [-0.1, -0.05) is 13.8 Å². The number of hydrogen-bond acceptors (Lipinski definition) is 4. The maximum absolute atomic E-state index is 4.68. The van der Waals surface area contributed by atoms with Crippen LogP contribution < -0.4 is 5.32 Å². The Kier molecular flexibility index (Phi) is 5.85. The van der Waals surface area contributed by atoms with E-state index in [1.807, 2.05) is 11.8 Å². The van der Waals surface area contributed by atoms with Crippen LogP contribution in [0.1, 0.15) is 49.5 Å². The van der Waals surface area contributed by atoms with Crippen LogP contribution >= 0.6 is 11.8 Å². The van der Waals surface area contributed by atoms with E-state index in [0.29, 0.717) is 5.92 Å². The monoisotopic (exact) mass is 293 g/mol. The van der Waals surface area contributed by atoms with Gasteiger partial charge in [0, 0.05) is 17.4 Å². The minimum atomic E-state index is 0.646. The van der Waals surface area contributed by atoms with E-state index in [2.05, 4.69) is 43.0 Å². The number of hydrogen-bond donors (Lipinski definition) is 1. The second-order valence-corrected chi connectivity index (χ2v) is 7.19. The molecule has 1 heterocycles. The van der Waals surface area contributed by atoms with Crippen LogP contribution in [0.15, 0.2) is 0 Å². The molecule has 0 aromatic carbocycles. The normalized spacial score (nSPS) is 16.4. The Morgan fingerprint density at radius 2 is 1.90 bits per heavy atom. The lowest BCUT2D eigenvalue weighted by molar-refractivity contribution is 0.505. The molecular formula is C16H27N3S. The largest absolute Gasteiger partial charge is 0.314 e. The molecule has 1 aliphatic rings. The molecule has 0 spiro atoms. The Hall–Kier alpha value is -0.610. The molecule has 1 N–H and O–H groups in total. The standard InChI is InChI=1S/C16H27N3S/c1-5-20-10-16-18-12(3)15(13(4)19-16)8-11(2)9-17-14-6-7-14/h11,14,17H,5-10H2,1-4H3. The zero-order valence-corrected chi connectivity index (χ0v) is 14.0. The van der Waals surface area contributed by atoms with Gasteiger partial charge in [0.05, 0.1) is 5.75 Å². The summed E-state index contributed by atoms with van der Waals surface area (Å²) in [5.41, 5.74) is 3.69. The molecule has 0 saturated heterocycles. The average Bonchev–Trinajstić information content (AvgIpc) is 3.22. The zero-order valence-electron chi connectivity index (χ0n) is 13.2. The smallest absolute Gasteiger partial charge is 0.138 e. The van der Waals surface area contributed by atoms with E-state index in [-0.39, 0.29) is 0 Å². The highest BCUT2D eigenvalue weighted by molar-refractivity contribution is 7.98. The third-order valence-electron chi connectivity index (χ3n) is 3.79. The van der Waals surface area contributed by atoms with Crippen molar-refractivity contribution in [3.63, 3.8) is 0 Å². The number of aryl methyl sites for hydroxylation is 2. The SMILES string of the molecule is CCSCc1nc(C)c(CC(C)CNC2CC2)c(C)n1. The summed E-state index contributed by atoms with van der Waals surface area (Å²) in [6, 6.07) is 0.796. The number of aromatic nitrogens is 2. The van der Waals surface area contributed by atoms with Crippen LogP contribution in [0.5, 0.6) is 0 Å². The number of nitrogens with one attached hydrogen (secondary N) is 1. The van der Waals surface area contributed by atoms with E-state index in [1.165, 1.54) is 29.8 Å². The van der Waals surface area contributed by atoms with Crippen molar-refractivity contribution in [3.8, 4) is 0 Å². The summed E-state index contributed by atoms with van der Waals surface area (Å²) >= 11 is 1.88. The summed E-state index contributed by atoms with van der Waals surface area (Å²) in [6.45, 7) is 9.86. The minimum Gasteiger partial charge on any atom is -0.314 e. The average molecular weight is 293 g/mol. The highest BCUT2D eigenvalue weighted by Gasteiger charge is 2.21. The lowest BCUT2D eigenvalue weighted by Crippen LogP contribution is -2.25. The number of thioether (sulfide) groups is 1. The Labute approximate surface area is 127 Å². The minimum absolute atomic E-state index is 0.646. The number of rotatable bonds is 8. The highest BCUT2D eigenvalue weighted by atomic mass is 32.2. The van der Waals surface area contributed by atoms with Gasteiger partial charge in [0.1, 0.15) is 5.82 Å². The van der Waals surface area contributed by atoms with Crippen LogP contribution in [0.2, 0.25) is 0 Å². The Morgan fingerprint density at radius 1 is 1.25 bits per heavy atom. The Bertz CT molecular complexity index is 420. The molecule has 0 amide bonds. The van der Waals surface area contributed by atoms with Crippen molar-refractivity contribution in [2.24, 2.45) is 5.92 Å². The summed E-state index contributed by atoms with van der Waals surface area (Å²) in [5, 5.41) is 3.61. The molecule has 1 aromatic rings. The fourth-order valence-corrected chi connectivity index (χ4v) is 2.95. The summed E-state index contributed by atoms with van der Waals surface area (Å²) in [5.74, 6) is 3.68. The van der Waals surface area contributed by atoms with Crippen molar-refractivity contribution in [1.29, 1.82) is 0 Å². The second-order valence-electron chi connectivity index (χ2n) is 5.92. The zero-order chi connectivity index (χ0) is 14.5.